The SMILES string of the molecule is C[C@H](OC(=O)[C@H]1CS[C@@]2(C)CCC(=O)N12)C(=O)Nc1ccccc1C#N. The molecule has 8 heteroatoms. The molecule has 1 aromatic rings. The number of ether oxygens (including phenoxy) is 1. The van der Waals surface area contributed by atoms with Gasteiger partial charge in [-0.3, -0.25) is 9.59 Å². The van der Waals surface area contributed by atoms with Crippen molar-refractivity contribution >= 4 is 35.2 Å². The molecule has 1 N–H and O–H groups in total. The Morgan fingerprint density at radius 1 is 1.46 bits per heavy atom. The second-order valence-corrected chi connectivity index (χ2v) is 7.99. The van der Waals surface area contributed by atoms with Gasteiger partial charge in [-0.1, -0.05) is 12.1 Å². The molecule has 2 fully saturated rings. The van der Waals surface area contributed by atoms with E-state index in [1.54, 1.807) is 40.9 Å². The highest BCUT2D eigenvalue weighted by Gasteiger charge is 2.53. The van der Waals surface area contributed by atoms with Crippen LogP contribution in [0.25, 0.3) is 0 Å². The van der Waals surface area contributed by atoms with E-state index >= 15 is 0 Å². The number of esters is 1. The lowest BCUT2D eigenvalue weighted by atomic mass is 10.2. The van der Waals surface area contributed by atoms with Crippen LogP contribution in [0, 0.1) is 11.3 Å². The summed E-state index contributed by atoms with van der Waals surface area (Å²) in [5.74, 6) is -0.693. The van der Waals surface area contributed by atoms with Crippen molar-refractivity contribution in [2.45, 2.75) is 43.7 Å². The quantitative estimate of drug-likeness (QED) is 0.809. The first kappa shape index (κ1) is 18.3. The molecule has 0 aromatic heterocycles. The Labute approximate surface area is 155 Å². The summed E-state index contributed by atoms with van der Waals surface area (Å²) in [4.78, 5) is 38.1. The van der Waals surface area contributed by atoms with E-state index in [1.807, 2.05) is 13.0 Å². The van der Waals surface area contributed by atoms with Crippen molar-refractivity contribution in [1.29, 1.82) is 5.26 Å². The predicted octanol–water partition coefficient (Wildman–Crippen LogP) is 1.88. The third-order valence-corrected chi connectivity index (χ3v) is 6.19. The van der Waals surface area contributed by atoms with Crippen molar-refractivity contribution < 1.29 is 19.1 Å². The average molecular weight is 373 g/mol. The van der Waals surface area contributed by atoms with E-state index in [4.69, 9.17) is 10.00 Å². The number of anilines is 1. The summed E-state index contributed by atoms with van der Waals surface area (Å²) >= 11 is 1.57. The van der Waals surface area contributed by atoms with Gasteiger partial charge in [0.05, 0.1) is 16.1 Å². The van der Waals surface area contributed by atoms with Gasteiger partial charge in [0.25, 0.3) is 5.91 Å². The monoisotopic (exact) mass is 373 g/mol. The molecule has 0 spiro atoms. The van der Waals surface area contributed by atoms with Crippen molar-refractivity contribution in [3.8, 4) is 6.07 Å². The smallest absolute Gasteiger partial charge is 0.330 e. The first-order chi connectivity index (χ1) is 12.4. The Hall–Kier alpha value is -2.53. The van der Waals surface area contributed by atoms with Gasteiger partial charge in [0.15, 0.2) is 6.10 Å². The van der Waals surface area contributed by atoms with Crippen LogP contribution in [-0.2, 0) is 19.1 Å². The number of rotatable bonds is 4. The molecule has 0 aliphatic carbocycles. The summed E-state index contributed by atoms with van der Waals surface area (Å²) in [6, 6.07) is 7.91. The van der Waals surface area contributed by atoms with Gasteiger partial charge in [0.2, 0.25) is 5.91 Å². The first-order valence-corrected chi connectivity index (χ1v) is 9.31. The number of thioether (sulfide) groups is 1. The molecule has 136 valence electrons. The molecular formula is C18H19N3O4S. The molecule has 2 heterocycles. The Bertz CT molecular complexity index is 806. The number of hydrogen-bond acceptors (Lipinski definition) is 6. The third kappa shape index (κ3) is 3.27. The number of nitrogens with one attached hydrogen (secondary N) is 1. The van der Waals surface area contributed by atoms with Crippen LogP contribution in [-0.4, -0.2) is 45.5 Å². The zero-order valence-corrected chi connectivity index (χ0v) is 15.3. The van der Waals surface area contributed by atoms with Crippen LogP contribution in [0.15, 0.2) is 24.3 Å². The highest BCUT2D eigenvalue weighted by atomic mass is 32.2. The molecule has 3 rings (SSSR count). The molecule has 0 radical (unpaired) electrons. The van der Waals surface area contributed by atoms with Crippen LogP contribution in [0.5, 0.6) is 0 Å². The minimum Gasteiger partial charge on any atom is -0.451 e. The van der Waals surface area contributed by atoms with E-state index in [0.29, 0.717) is 29.8 Å². The van der Waals surface area contributed by atoms with Gasteiger partial charge >= 0.3 is 5.97 Å². The summed E-state index contributed by atoms with van der Waals surface area (Å²) in [6.07, 6.45) is 0.0963. The van der Waals surface area contributed by atoms with Crippen LogP contribution < -0.4 is 5.32 Å². The van der Waals surface area contributed by atoms with E-state index in [0.717, 1.165) is 0 Å². The lowest BCUT2D eigenvalue weighted by Gasteiger charge is -2.29. The van der Waals surface area contributed by atoms with Gasteiger partial charge in [0, 0.05) is 12.2 Å². The fraction of sp³-hybridized carbons (Fsp3) is 0.444. The Kier molecular flexibility index (Phi) is 4.92. The number of hydrogen-bond donors (Lipinski definition) is 1. The van der Waals surface area contributed by atoms with Gasteiger partial charge in [-0.25, -0.2) is 4.79 Å². The van der Waals surface area contributed by atoms with Crippen molar-refractivity contribution in [2.24, 2.45) is 0 Å². The minimum absolute atomic E-state index is 0.0560. The van der Waals surface area contributed by atoms with Crippen LogP contribution in [0.3, 0.4) is 0 Å². The van der Waals surface area contributed by atoms with Gasteiger partial charge in [-0.05, 0) is 32.4 Å². The molecule has 0 unspecified atom stereocenters. The summed E-state index contributed by atoms with van der Waals surface area (Å²) in [6.45, 7) is 3.42. The topological polar surface area (TPSA) is 99.5 Å². The zero-order valence-electron chi connectivity index (χ0n) is 14.5. The van der Waals surface area contributed by atoms with Crippen molar-refractivity contribution in [2.75, 3.05) is 11.1 Å². The van der Waals surface area contributed by atoms with E-state index in [-0.39, 0.29) is 10.8 Å². The number of carbonyl (C=O) groups excluding carboxylic acids is 3. The summed E-state index contributed by atoms with van der Waals surface area (Å²) in [5, 5.41) is 11.7. The van der Waals surface area contributed by atoms with Crippen LogP contribution in [0.4, 0.5) is 5.69 Å². The zero-order chi connectivity index (χ0) is 18.9. The lowest BCUT2D eigenvalue weighted by Crippen LogP contribution is -2.48. The number of nitrogens with zero attached hydrogens (tertiary/aromatic N) is 2. The van der Waals surface area contributed by atoms with E-state index < -0.39 is 24.0 Å². The van der Waals surface area contributed by atoms with E-state index in [9.17, 15) is 14.4 Å². The first-order valence-electron chi connectivity index (χ1n) is 8.32. The largest absolute Gasteiger partial charge is 0.451 e. The van der Waals surface area contributed by atoms with Crippen LogP contribution in [0.1, 0.15) is 32.3 Å². The molecule has 3 atom stereocenters. The maximum atomic E-state index is 12.5. The summed E-state index contributed by atoms with van der Waals surface area (Å²) in [5.41, 5.74) is 0.687. The van der Waals surface area contributed by atoms with Gasteiger partial charge in [-0.15, -0.1) is 11.8 Å². The Morgan fingerprint density at radius 3 is 2.92 bits per heavy atom. The molecule has 2 amide bonds. The highest BCUT2D eigenvalue weighted by molar-refractivity contribution is 8.01. The predicted molar refractivity (Wildman–Crippen MR) is 96.1 cm³/mol. The van der Waals surface area contributed by atoms with Crippen LogP contribution >= 0.6 is 11.8 Å². The number of benzene rings is 1. The number of fused-ring (bicyclic) bond motifs is 1. The minimum atomic E-state index is -1.04. The molecular weight excluding hydrogens is 354 g/mol. The molecule has 0 bridgehead atoms. The fourth-order valence-electron chi connectivity index (χ4n) is 3.23. The number of para-hydroxylation sites is 1. The Balaban J connectivity index is 1.63. The van der Waals surface area contributed by atoms with E-state index in [2.05, 4.69) is 5.32 Å². The van der Waals surface area contributed by atoms with Gasteiger partial charge in [0.1, 0.15) is 12.1 Å². The van der Waals surface area contributed by atoms with Gasteiger partial charge < -0.3 is 15.0 Å². The average Bonchev–Trinajstić information content (AvgIpc) is 3.11. The summed E-state index contributed by atoms with van der Waals surface area (Å²) in [7, 11) is 0. The van der Waals surface area contributed by atoms with E-state index in [1.165, 1.54) is 6.92 Å². The second kappa shape index (κ2) is 7.00. The fourth-order valence-corrected chi connectivity index (χ4v) is 4.64. The maximum absolute atomic E-state index is 12.5. The van der Waals surface area contributed by atoms with Crippen LogP contribution in [0.2, 0.25) is 0 Å². The third-order valence-electron chi connectivity index (χ3n) is 4.68. The van der Waals surface area contributed by atoms with Gasteiger partial charge in [-0.2, -0.15) is 5.26 Å². The number of amides is 2. The summed E-state index contributed by atoms with van der Waals surface area (Å²) < 4.78 is 5.30. The van der Waals surface area contributed by atoms with Crippen molar-refractivity contribution in [3.63, 3.8) is 0 Å². The standard InChI is InChI=1S/C18H19N3O4S/c1-11(16(23)20-13-6-4-3-5-12(13)9-19)25-17(24)14-10-26-18(2)8-7-15(22)21(14)18/h3-6,11,14H,7-8,10H2,1-2H3,(H,20,23)/t11-,14+,18-/m0/s1. The molecule has 1 aromatic carbocycles. The van der Waals surface area contributed by atoms with Crippen molar-refractivity contribution in [3.05, 3.63) is 29.8 Å². The Morgan fingerprint density at radius 2 is 2.19 bits per heavy atom. The normalized spacial score (nSPS) is 25.3. The number of carbonyl (C=O) groups is 3. The molecule has 0 saturated carbocycles. The van der Waals surface area contributed by atoms with Crippen molar-refractivity contribution in [1.82, 2.24) is 4.90 Å². The lowest BCUT2D eigenvalue weighted by molar-refractivity contribution is -0.160. The maximum Gasteiger partial charge on any atom is 0.330 e. The highest BCUT2D eigenvalue weighted by Crippen LogP contribution is 2.47. The molecule has 2 aliphatic rings. The molecule has 2 saturated heterocycles. The molecule has 7 nitrogen and oxygen atoms in total. The molecule has 26 heavy (non-hydrogen) atoms. The second-order valence-electron chi connectivity index (χ2n) is 6.49. The number of nitriles is 1. The molecule has 2 aliphatic heterocycles.